The number of aromatic amines is 1. The van der Waals surface area contributed by atoms with Crippen molar-refractivity contribution in [2.75, 3.05) is 7.11 Å². The number of carbonyl (C=O) groups is 1. The van der Waals surface area contributed by atoms with E-state index in [1.54, 1.807) is 15.9 Å². The number of nitrogens with one attached hydrogen (secondary N) is 1. The highest BCUT2D eigenvalue weighted by molar-refractivity contribution is 7.11. The van der Waals surface area contributed by atoms with Crippen LogP contribution in [0.4, 0.5) is 0 Å². The lowest BCUT2D eigenvalue weighted by molar-refractivity contribution is -0.140. The van der Waals surface area contributed by atoms with Gasteiger partial charge in [0.05, 0.1) is 24.7 Å². The summed E-state index contributed by atoms with van der Waals surface area (Å²) in [4.78, 5) is 27.6. The number of hydrogen-bond donors (Lipinski definition) is 1. The number of methoxy groups -OCH3 is 1. The lowest BCUT2D eigenvalue weighted by Gasteiger charge is -2.05. The minimum absolute atomic E-state index is 0.0764. The molecular formula is C18H20N2O3S. The Morgan fingerprint density at radius 3 is 2.79 bits per heavy atom. The monoisotopic (exact) mass is 344 g/mol. The normalized spacial score (nSPS) is 11.0. The topological polar surface area (TPSA) is 64.1 Å². The Bertz CT molecular complexity index is 877. The van der Waals surface area contributed by atoms with Crippen LogP contribution < -0.4 is 5.69 Å². The lowest BCUT2D eigenvalue weighted by Crippen LogP contribution is -2.17. The molecule has 0 aliphatic heterocycles. The first kappa shape index (κ1) is 16.5. The standard InChI is InChI=1S/C18H20N2O3S/c1-23-16(21)10-6-5-9-15-17-14(12-24-15)19-18(22)20(17)11-13-7-3-2-4-8-13/h2-4,7-8,12H,5-6,9-11H2,1H3,(H,19,22). The van der Waals surface area contributed by atoms with E-state index in [-0.39, 0.29) is 11.7 Å². The van der Waals surface area contributed by atoms with Crippen molar-refractivity contribution < 1.29 is 9.53 Å². The molecule has 0 spiro atoms. The van der Waals surface area contributed by atoms with Crippen LogP contribution in [0.2, 0.25) is 0 Å². The summed E-state index contributed by atoms with van der Waals surface area (Å²) in [5, 5.41) is 1.99. The molecule has 5 nitrogen and oxygen atoms in total. The summed E-state index contributed by atoms with van der Waals surface area (Å²) in [6.45, 7) is 0.561. The van der Waals surface area contributed by atoms with Crippen LogP contribution in [0.25, 0.3) is 11.0 Å². The molecule has 24 heavy (non-hydrogen) atoms. The van der Waals surface area contributed by atoms with Gasteiger partial charge in [-0.25, -0.2) is 4.79 Å². The van der Waals surface area contributed by atoms with Crippen molar-refractivity contribution in [3.8, 4) is 0 Å². The molecular weight excluding hydrogens is 324 g/mol. The number of unbranched alkanes of at least 4 members (excludes halogenated alkanes) is 1. The molecule has 0 saturated heterocycles. The molecule has 0 radical (unpaired) electrons. The number of thiophene rings is 1. The predicted octanol–water partition coefficient (Wildman–Crippen LogP) is 3.33. The predicted molar refractivity (Wildman–Crippen MR) is 95.6 cm³/mol. The van der Waals surface area contributed by atoms with Gasteiger partial charge in [0.1, 0.15) is 0 Å². The lowest BCUT2D eigenvalue weighted by atomic mass is 10.1. The van der Waals surface area contributed by atoms with Gasteiger partial charge < -0.3 is 9.72 Å². The summed E-state index contributed by atoms with van der Waals surface area (Å²) >= 11 is 1.66. The summed E-state index contributed by atoms with van der Waals surface area (Å²) in [5.74, 6) is -0.172. The highest BCUT2D eigenvalue weighted by Crippen LogP contribution is 2.26. The molecule has 0 atom stereocenters. The Kier molecular flexibility index (Phi) is 5.15. The Hall–Kier alpha value is -2.34. The van der Waals surface area contributed by atoms with Gasteiger partial charge in [-0.3, -0.25) is 9.36 Å². The maximum atomic E-state index is 12.3. The van der Waals surface area contributed by atoms with Crippen molar-refractivity contribution in [1.82, 2.24) is 9.55 Å². The van der Waals surface area contributed by atoms with E-state index >= 15 is 0 Å². The smallest absolute Gasteiger partial charge is 0.326 e. The first-order chi connectivity index (χ1) is 11.7. The number of nitrogens with zero attached hydrogens (tertiary/aromatic N) is 1. The Balaban J connectivity index is 1.77. The van der Waals surface area contributed by atoms with E-state index in [1.165, 1.54) is 12.0 Å². The second kappa shape index (κ2) is 7.49. The molecule has 3 rings (SSSR count). The summed E-state index contributed by atoms with van der Waals surface area (Å²) in [5.41, 5.74) is 2.91. The first-order valence-electron chi connectivity index (χ1n) is 7.98. The average Bonchev–Trinajstić information content (AvgIpc) is 3.12. The summed E-state index contributed by atoms with van der Waals surface area (Å²) in [6.07, 6.45) is 2.99. The minimum atomic E-state index is -0.172. The van der Waals surface area contributed by atoms with Crippen molar-refractivity contribution in [1.29, 1.82) is 0 Å². The SMILES string of the molecule is COC(=O)CCCCc1scc2[nH]c(=O)n(Cc3ccccc3)c12. The van der Waals surface area contributed by atoms with E-state index in [2.05, 4.69) is 9.72 Å². The number of imidazole rings is 1. The zero-order valence-electron chi connectivity index (χ0n) is 13.6. The van der Waals surface area contributed by atoms with Crippen LogP contribution in [0.15, 0.2) is 40.5 Å². The fraction of sp³-hybridized carbons (Fsp3) is 0.333. The molecule has 3 aromatic rings. The van der Waals surface area contributed by atoms with Gasteiger partial charge >= 0.3 is 11.7 Å². The molecule has 0 unspecified atom stereocenters. The fourth-order valence-electron chi connectivity index (χ4n) is 2.81. The molecule has 0 aliphatic rings. The van der Waals surface area contributed by atoms with E-state index in [0.29, 0.717) is 13.0 Å². The Labute approximate surface area is 143 Å². The Morgan fingerprint density at radius 1 is 1.25 bits per heavy atom. The number of aryl methyl sites for hydroxylation is 1. The average molecular weight is 344 g/mol. The number of H-pyrrole nitrogens is 1. The van der Waals surface area contributed by atoms with Crippen LogP contribution in [0.1, 0.15) is 29.7 Å². The number of fused-ring (bicyclic) bond motifs is 1. The van der Waals surface area contributed by atoms with E-state index in [1.807, 2.05) is 35.7 Å². The van der Waals surface area contributed by atoms with Crippen molar-refractivity contribution in [2.45, 2.75) is 32.2 Å². The second-order valence-electron chi connectivity index (χ2n) is 5.71. The van der Waals surface area contributed by atoms with Gasteiger partial charge in [0.15, 0.2) is 0 Å². The van der Waals surface area contributed by atoms with Gasteiger partial charge in [0.2, 0.25) is 0 Å². The number of esters is 1. The third-order valence-corrected chi connectivity index (χ3v) is 5.08. The van der Waals surface area contributed by atoms with Crippen LogP contribution >= 0.6 is 11.3 Å². The molecule has 2 aromatic heterocycles. The zero-order valence-corrected chi connectivity index (χ0v) is 14.4. The van der Waals surface area contributed by atoms with Crippen molar-refractivity contribution in [2.24, 2.45) is 0 Å². The second-order valence-corrected chi connectivity index (χ2v) is 6.67. The first-order valence-corrected chi connectivity index (χ1v) is 8.86. The maximum Gasteiger partial charge on any atom is 0.326 e. The van der Waals surface area contributed by atoms with Gasteiger partial charge in [-0.2, -0.15) is 0 Å². The minimum Gasteiger partial charge on any atom is -0.469 e. The van der Waals surface area contributed by atoms with E-state index in [9.17, 15) is 9.59 Å². The van der Waals surface area contributed by atoms with Crippen LogP contribution in [0, 0.1) is 0 Å². The number of benzene rings is 1. The molecule has 1 aromatic carbocycles. The van der Waals surface area contributed by atoms with Gasteiger partial charge in [-0.15, -0.1) is 11.3 Å². The number of hydrogen-bond acceptors (Lipinski definition) is 4. The van der Waals surface area contributed by atoms with E-state index < -0.39 is 0 Å². The maximum absolute atomic E-state index is 12.3. The molecule has 2 heterocycles. The van der Waals surface area contributed by atoms with Crippen molar-refractivity contribution in [3.05, 3.63) is 56.6 Å². The molecule has 0 aliphatic carbocycles. The molecule has 0 fully saturated rings. The van der Waals surface area contributed by atoms with E-state index in [4.69, 9.17) is 0 Å². The summed E-state index contributed by atoms with van der Waals surface area (Å²) in [6, 6.07) is 9.97. The van der Waals surface area contributed by atoms with Gasteiger partial charge in [-0.05, 0) is 24.8 Å². The summed E-state index contributed by atoms with van der Waals surface area (Å²) in [7, 11) is 1.41. The number of aromatic nitrogens is 2. The zero-order chi connectivity index (χ0) is 16.9. The largest absolute Gasteiger partial charge is 0.469 e. The highest BCUT2D eigenvalue weighted by Gasteiger charge is 2.14. The molecule has 0 amide bonds. The van der Waals surface area contributed by atoms with Gasteiger partial charge in [0, 0.05) is 16.7 Å². The van der Waals surface area contributed by atoms with Gasteiger partial charge in [0.25, 0.3) is 0 Å². The van der Waals surface area contributed by atoms with Crippen LogP contribution in [-0.4, -0.2) is 22.6 Å². The molecule has 0 saturated carbocycles. The van der Waals surface area contributed by atoms with Crippen molar-refractivity contribution in [3.63, 3.8) is 0 Å². The third kappa shape index (κ3) is 3.59. The number of carbonyl (C=O) groups excluding carboxylic acids is 1. The number of ether oxygens (including phenoxy) is 1. The molecule has 0 bridgehead atoms. The van der Waals surface area contributed by atoms with Crippen LogP contribution in [0.5, 0.6) is 0 Å². The summed E-state index contributed by atoms with van der Waals surface area (Å²) < 4.78 is 6.46. The van der Waals surface area contributed by atoms with Gasteiger partial charge in [-0.1, -0.05) is 30.3 Å². The molecule has 6 heteroatoms. The Morgan fingerprint density at radius 2 is 2.04 bits per heavy atom. The molecule has 126 valence electrons. The van der Waals surface area contributed by atoms with E-state index in [0.717, 1.165) is 35.9 Å². The molecule has 1 N–H and O–H groups in total. The third-order valence-electron chi connectivity index (χ3n) is 4.04. The fourth-order valence-corrected chi connectivity index (χ4v) is 3.84. The van der Waals surface area contributed by atoms with Crippen LogP contribution in [-0.2, 0) is 22.5 Å². The van der Waals surface area contributed by atoms with Crippen LogP contribution in [0.3, 0.4) is 0 Å². The highest BCUT2D eigenvalue weighted by atomic mass is 32.1. The number of rotatable bonds is 7. The quantitative estimate of drug-likeness (QED) is 0.528. The van der Waals surface area contributed by atoms with Crippen molar-refractivity contribution >= 4 is 28.3 Å².